The quantitative estimate of drug-likeness (QED) is 0.544. The van der Waals surface area contributed by atoms with Crippen LogP contribution in [0.3, 0.4) is 0 Å². The van der Waals surface area contributed by atoms with E-state index in [0.717, 1.165) is 13.1 Å². The van der Waals surface area contributed by atoms with Crippen molar-refractivity contribution in [2.24, 2.45) is 0 Å². The highest BCUT2D eigenvalue weighted by molar-refractivity contribution is 6.62. The lowest BCUT2D eigenvalue weighted by molar-refractivity contribution is -0.144. The van der Waals surface area contributed by atoms with Gasteiger partial charge in [-0.25, -0.2) is 4.79 Å². The molecule has 1 aromatic carbocycles. The third-order valence-electron chi connectivity index (χ3n) is 6.69. The number of benzene rings is 1. The predicted octanol–water partition coefficient (Wildman–Crippen LogP) is -0.132. The number of nitrogens with zero attached hydrogens (tertiary/aromatic N) is 2. The molecule has 2 saturated heterocycles. The van der Waals surface area contributed by atoms with Gasteiger partial charge in [-0.15, -0.1) is 0 Å². The number of hydrogen-bond acceptors (Lipinski definition) is 8. The molecule has 10 nitrogen and oxygen atoms in total. The minimum atomic E-state index is -3.08. The second kappa shape index (κ2) is 7.37. The molecule has 1 aliphatic carbocycles. The Hall–Kier alpha value is -2.34. The predicted molar refractivity (Wildman–Crippen MR) is 108 cm³/mol. The van der Waals surface area contributed by atoms with Crippen molar-refractivity contribution in [3.8, 4) is 11.5 Å². The molecule has 1 aromatic rings. The number of morpholine rings is 1. The highest BCUT2D eigenvalue weighted by Gasteiger charge is 2.55. The van der Waals surface area contributed by atoms with Crippen molar-refractivity contribution < 1.29 is 38.9 Å². The lowest BCUT2D eigenvalue weighted by Crippen LogP contribution is -2.57. The van der Waals surface area contributed by atoms with Crippen molar-refractivity contribution in [1.29, 1.82) is 0 Å². The van der Waals surface area contributed by atoms with E-state index in [1.165, 1.54) is 0 Å². The number of carbonyl (C=O) groups excluding carboxylic acids is 1. The van der Waals surface area contributed by atoms with Gasteiger partial charge < -0.3 is 39.1 Å². The minimum absolute atomic E-state index is 0.0137. The maximum absolute atomic E-state index is 12.5. The van der Waals surface area contributed by atoms with E-state index in [1.807, 2.05) is 7.05 Å². The van der Waals surface area contributed by atoms with E-state index in [4.69, 9.17) is 14.1 Å². The van der Waals surface area contributed by atoms with Crippen LogP contribution in [0.2, 0.25) is 5.82 Å². The van der Waals surface area contributed by atoms with Crippen LogP contribution in [-0.4, -0.2) is 95.6 Å². The fourth-order valence-corrected chi connectivity index (χ4v) is 4.82. The molecular formula is C20H26BN2O8-. The monoisotopic (exact) mass is 433 g/mol. The third kappa shape index (κ3) is 3.75. The highest BCUT2D eigenvalue weighted by atomic mass is 16.6. The molecule has 4 aliphatic rings. The SMILES string of the molecule is CN1CCO[C@H](CC(=O)N2CC(Oc3ccc4c(c3C(=O)O)O[B-](O)(O)[C@@H]3CC43)C2)C1. The Balaban J connectivity index is 1.24. The van der Waals surface area contributed by atoms with Crippen LogP contribution in [0.5, 0.6) is 11.5 Å². The molecule has 5 rings (SSSR count). The second-order valence-electron chi connectivity index (χ2n) is 9.04. The Morgan fingerprint density at radius 2 is 2.03 bits per heavy atom. The van der Waals surface area contributed by atoms with Crippen LogP contribution in [0.4, 0.5) is 0 Å². The fraction of sp³-hybridized carbons (Fsp3) is 0.600. The summed E-state index contributed by atoms with van der Waals surface area (Å²) < 4.78 is 16.8. The number of carbonyl (C=O) groups is 2. The molecule has 0 spiro atoms. The van der Waals surface area contributed by atoms with Gasteiger partial charge in [-0.05, 0) is 24.6 Å². The normalized spacial score (nSPS) is 29.3. The Kier molecular flexibility index (Phi) is 4.89. The molecule has 3 fully saturated rings. The molecule has 31 heavy (non-hydrogen) atoms. The van der Waals surface area contributed by atoms with Gasteiger partial charge >= 0.3 is 12.7 Å². The van der Waals surface area contributed by atoms with Crippen molar-refractivity contribution in [1.82, 2.24) is 9.80 Å². The number of amides is 1. The molecule has 0 aromatic heterocycles. The van der Waals surface area contributed by atoms with Crippen molar-refractivity contribution in [3.63, 3.8) is 0 Å². The van der Waals surface area contributed by atoms with Gasteiger partial charge in [0.25, 0.3) is 0 Å². The zero-order chi connectivity index (χ0) is 21.9. The van der Waals surface area contributed by atoms with Gasteiger partial charge in [0.15, 0.2) is 0 Å². The number of likely N-dealkylation sites (N-methyl/N-ethyl adjacent to an activating group) is 1. The van der Waals surface area contributed by atoms with Crippen LogP contribution in [0, 0.1) is 0 Å². The van der Waals surface area contributed by atoms with Crippen molar-refractivity contribution in [3.05, 3.63) is 23.3 Å². The summed E-state index contributed by atoms with van der Waals surface area (Å²) in [6.45, 7) is -0.175. The Morgan fingerprint density at radius 3 is 2.74 bits per heavy atom. The zero-order valence-electron chi connectivity index (χ0n) is 17.3. The van der Waals surface area contributed by atoms with Gasteiger partial charge in [0.05, 0.1) is 38.0 Å². The van der Waals surface area contributed by atoms with Crippen molar-refractivity contribution in [2.45, 2.75) is 36.8 Å². The number of rotatable bonds is 5. The molecule has 3 aliphatic heterocycles. The average Bonchev–Trinajstić information content (AvgIpc) is 3.45. The summed E-state index contributed by atoms with van der Waals surface area (Å²) in [5.74, 6) is -1.70. The summed E-state index contributed by atoms with van der Waals surface area (Å²) in [5.41, 5.74) is 0.457. The van der Waals surface area contributed by atoms with Crippen LogP contribution >= 0.6 is 0 Å². The molecule has 1 saturated carbocycles. The first-order valence-corrected chi connectivity index (χ1v) is 10.7. The molecule has 1 amide bonds. The molecule has 0 radical (unpaired) electrons. The van der Waals surface area contributed by atoms with E-state index >= 15 is 0 Å². The lowest BCUT2D eigenvalue weighted by atomic mass is 9.68. The van der Waals surface area contributed by atoms with Crippen LogP contribution in [0.15, 0.2) is 12.1 Å². The average molecular weight is 433 g/mol. The number of carboxylic acids is 1. The Bertz CT molecular complexity index is 919. The number of ether oxygens (including phenoxy) is 2. The van der Waals surface area contributed by atoms with E-state index in [9.17, 15) is 24.7 Å². The Labute approximate surface area is 179 Å². The van der Waals surface area contributed by atoms with Gasteiger partial charge in [-0.1, -0.05) is 18.3 Å². The van der Waals surface area contributed by atoms with E-state index in [1.54, 1.807) is 17.0 Å². The van der Waals surface area contributed by atoms with Gasteiger partial charge in [0.1, 0.15) is 17.4 Å². The maximum Gasteiger partial charge on any atom is 0.434 e. The molecule has 3 atom stereocenters. The molecule has 3 N–H and O–H groups in total. The Morgan fingerprint density at radius 1 is 1.26 bits per heavy atom. The molecular weight excluding hydrogens is 407 g/mol. The zero-order valence-corrected chi connectivity index (χ0v) is 17.3. The summed E-state index contributed by atoms with van der Waals surface area (Å²) in [4.78, 5) is 28.2. The van der Waals surface area contributed by atoms with Crippen molar-refractivity contribution >= 4 is 18.6 Å². The first-order chi connectivity index (χ1) is 14.7. The van der Waals surface area contributed by atoms with Gasteiger partial charge in [-0.3, -0.25) is 4.79 Å². The molecule has 11 heteroatoms. The van der Waals surface area contributed by atoms with E-state index in [2.05, 4.69) is 4.90 Å². The largest absolute Gasteiger partial charge is 0.669 e. The van der Waals surface area contributed by atoms with Crippen LogP contribution in [0.25, 0.3) is 0 Å². The lowest BCUT2D eigenvalue weighted by Gasteiger charge is -2.41. The molecule has 3 heterocycles. The number of likely N-dealkylation sites (tertiary alicyclic amines) is 1. The fourth-order valence-electron chi connectivity index (χ4n) is 4.82. The summed E-state index contributed by atoms with van der Waals surface area (Å²) in [7, 11) is 2.00. The van der Waals surface area contributed by atoms with Gasteiger partial charge in [-0.2, -0.15) is 0 Å². The number of carboxylic acid groups (broad SMARTS) is 1. The molecule has 0 bridgehead atoms. The summed E-state index contributed by atoms with van der Waals surface area (Å²) >= 11 is 0. The van der Waals surface area contributed by atoms with Gasteiger partial charge in [0, 0.05) is 13.1 Å². The number of fused-ring (bicyclic) bond motifs is 3. The summed E-state index contributed by atoms with van der Waals surface area (Å²) in [5, 5.41) is 30.0. The number of aromatic carboxylic acids is 1. The third-order valence-corrected chi connectivity index (χ3v) is 6.69. The molecule has 1 unspecified atom stereocenters. The highest BCUT2D eigenvalue weighted by Crippen LogP contribution is 2.63. The second-order valence-corrected chi connectivity index (χ2v) is 9.04. The van der Waals surface area contributed by atoms with Gasteiger partial charge in [0.2, 0.25) is 5.91 Å². The topological polar surface area (TPSA) is 129 Å². The van der Waals surface area contributed by atoms with Crippen LogP contribution < -0.4 is 9.39 Å². The van der Waals surface area contributed by atoms with Crippen LogP contribution in [0.1, 0.15) is 34.7 Å². The number of hydrogen-bond donors (Lipinski definition) is 3. The van der Waals surface area contributed by atoms with E-state index < -0.39 is 12.7 Å². The van der Waals surface area contributed by atoms with Crippen molar-refractivity contribution in [2.75, 3.05) is 39.8 Å². The first kappa shape index (κ1) is 20.6. The maximum atomic E-state index is 12.5. The smallest absolute Gasteiger partial charge is 0.434 e. The van der Waals surface area contributed by atoms with Crippen LogP contribution in [-0.2, 0) is 9.53 Å². The van der Waals surface area contributed by atoms with E-state index in [0.29, 0.717) is 38.1 Å². The van der Waals surface area contributed by atoms with E-state index in [-0.39, 0.29) is 46.9 Å². The first-order valence-electron chi connectivity index (χ1n) is 10.7. The standard InChI is InChI=1S/C20H26BN2O8/c1-22-4-5-29-11(8-22)6-17(24)23-9-12(10-23)30-16-3-2-13-14-7-15(14)21(27,28)31-19(13)18(16)20(25)26/h2-3,11-12,14-15,27-28H,4-10H2,1H3,(H,25,26)/q-1/t11-,14?,15-/m1/s1. The summed E-state index contributed by atoms with van der Waals surface area (Å²) in [6.07, 6.45) is 0.405. The summed E-state index contributed by atoms with van der Waals surface area (Å²) in [6, 6.07) is 3.32. The minimum Gasteiger partial charge on any atom is -0.669 e. The molecule has 168 valence electrons.